The van der Waals surface area contributed by atoms with Crippen LogP contribution in [0.5, 0.6) is 0 Å². The monoisotopic (exact) mass is 244 g/mol. The quantitative estimate of drug-likeness (QED) is 0.683. The van der Waals surface area contributed by atoms with E-state index in [9.17, 15) is 4.39 Å². The van der Waals surface area contributed by atoms with Crippen molar-refractivity contribution in [1.29, 1.82) is 0 Å². The Balaban J connectivity index is 2.96. The largest absolute Gasteiger partial charge is 0.242 e. The molecule has 0 heterocycles. The molecule has 0 N–H and O–H groups in total. The maximum absolute atomic E-state index is 13.8. The Morgan fingerprint density at radius 1 is 1.31 bits per heavy atom. The summed E-state index contributed by atoms with van der Waals surface area (Å²) in [6.45, 7) is 5.70. The average molecular weight is 245 g/mol. The molecule has 0 aliphatic carbocycles. The molecule has 0 aliphatic heterocycles. The van der Waals surface area contributed by atoms with E-state index in [0.717, 1.165) is 10.0 Å². The second-order valence-corrected chi connectivity index (χ2v) is 5.20. The summed E-state index contributed by atoms with van der Waals surface area (Å²) in [6.07, 6.45) is -0.912. The first kappa shape index (κ1) is 10.7. The topological polar surface area (TPSA) is 0 Å². The van der Waals surface area contributed by atoms with Crippen molar-refractivity contribution in [3.8, 4) is 0 Å². The lowest BCUT2D eigenvalue weighted by molar-refractivity contribution is 0.165. The predicted octanol–water partition coefficient (Wildman–Crippen LogP) is 4.51. The highest BCUT2D eigenvalue weighted by Gasteiger charge is 2.25. The van der Waals surface area contributed by atoms with Crippen LogP contribution in [0.4, 0.5) is 4.39 Å². The minimum atomic E-state index is -0.912. The third-order valence-electron chi connectivity index (χ3n) is 1.90. The fraction of sp³-hybridized carbons (Fsp3) is 0.455. The molecular weight excluding hydrogens is 231 g/mol. The minimum Gasteiger partial charge on any atom is -0.242 e. The zero-order valence-corrected chi connectivity index (χ0v) is 9.73. The van der Waals surface area contributed by atoms with E-state index in [2.05, 4.69) is 15.9 Å². The maximum atomic E-state index is 13.8. The van der Waals surface area contributed by atoms with Crippen molar-refractivity contribution >= 4 is 15.9 Å². The van der Waals surface area contributed by atoms with E-state index in [1.54, 1.807) is 0 Å². The summed E-state index contributed by atoms with van der Waals surface area (Å²) in [7, 11) is 0. The zero-order valence-electron chi connectivity index (χ0n) is 8.14. The third kappa shape index (κ3) is 2.80. The number of hydrogen-bond donors (Lipinski definition) is 0. The van der Waals surface area contributed by atoms with Gasteiger partial charge in [-0.25, -0.2) is 4.39 Å². The highest BCUT2D eigenvalue weighted by molar-refractivity contribution is 9.10. The summed E-state index contributed by atoms with van der Waals surface area (Å²) in [4.78, 5) is 0. The van der Waals surface area contributed by atoms with Gasteiger partial charge in [-0.3, -0.25) is 0 Å². The Kier molecular flexibility index (Phi) is 3.12. The molecule has 0 aromatic heterocycles. The first-order valence-electron chi connectivity index (χ1n) is 4.31. The molecule has 0 bridgehead atoms. The smallest absolute Gasteiger partial charge is 0.130 e. The Bertz CT molecular complexity index is 288. The lowest BCUT2D eigenvalue weighted by Crippen LogP contribution is -2.13. The molecule has 1 aromatic carbocycles. The summed E-state index contributed by atoms with van der Waals surface area (Å²) >= 11 is 3.33. The Hall–Kier alpha value is -0.370. The van der Waals surface area contributed by atoms with Gasteiger partial charge in [0, 0.05) is 4.47 Å². The summed E-state index contributed by atoms with van der Waals surface area (Å²) < 4.78 is 14.7. The van der Waals surface area contributed by atoms with Crippen molar-refractivity contribution in [3.63, 3.8) is 0 Å². The standard InChI is InChI=1S/C11H14BrF/c1-11(2,3)10(13)8-5-4-6-9(12)7-8/h4-7,10H,1-3H3. The van der Waals surface area contributed by atoms with Crippen molar-refractivity contribution < 1.29 is 4.39 Å². The van der Waals surface area contributed by atoms with Gasteiger partial charge in [0.25, 0.3) is 0 Å². The Morgan fingerprint density at radius 3 is 2.38 bits per heavy atom. The van der Waals surface area contributed by atoms with Gasteiger partial charge in [0.15, 0.2) is 0 Å². The van der Waals surface area contributed by atoms with Crippen molar-refractivity contribution in [2.45, 2.75) is 26.9 Å². The maximum Gasteiger partial charge on any atom is 0.130 e. The molecule has 0 spiro atoms. The van der Waals surface area contributed by atoms with Crippen LogP contribution in [0.3, 0.4) is 0 Å². The van der Waals surface area contributed by atoms with Crippen molar-refractivity contribution in [1.82, 2.24) is 0 Å². The molecule has 2 heteroatoms. The van der Waals surface area contributed by atoms with Crippen LogP contribution in [0.25, 0.3) is 0 Å². The van der Waals surface area contributed by atoms with Crippen LogP contribution in [-0.4, -0.2) is 0 Å². The van der Waals surface area contributed by atoms with Gasteiger partial charge < -0.3 is 0 Å². The molecule has 0 saturated carbocycles. The molecule has 1 rings (SSSR count). The zero-order chi connectivity index (χ0) is 10.1. The number of rotatable bonds is 1. The molecule has 72 valence electrons. The van der Waals surface area contributed by atoms with Gasteiger partial charge in [-0.15, -0.1) is 0 Å². The second-order valence-electron chi connectivity index (χ2n) is 4.28. The highest BCUT2D eigenvalue weighted by atomic mass is 79.9. The van der Waals surface area contributed by atoms with E-state index in [4.69, 9.17) is 0 Å². The Labute approximate surface area is 87.3 Å². The van der Waals surface area contributed by atoms with E-state index in [0.29, 0.717) is 0 Å². The highest BCUT2D eigenvalue weighted by Crippen LogP contribution is 2.36. The van der Waals surface area contributed by atoms with Gasteiger partial charge in [0.05, 0.1) is 0 Å². The van der Waals surface area contributed by atoms with E-state index < -0.39 is 6.17 Å². The lowest BCUT2D eigenvalue weighted by atomic mass is 9.86. The molecule has 0 radical (unpaired) electrons. The van der Waals surface area contributed by atoms with Crippen LogP contribution in [0, 0.1) is 5.41 Å². The molecule has 0 fully saturated rings. The van der Waals surface area contributed by atoms with Crippen molar-refractivity contribution in [3.05, 3.63) is 34.3 Å². The van der Waals surface area contributed by atoms with Crippen LogP contribution in [0.15, 0.2) is 28.7 Å². The Morgan fingerprint density at radius 2 is 1.92 bits per heavy atom. The van der Waals surface area contributed by atoms with Crippen LogP contribution >= 0.6 is 15.9 Å². The molecule has 0 aliphatic rings. The molecule has 0 saturated heterocycles. The van der Waals surface area contributed by atoms with Gasteiger partial charge in [0.1, 0.15) is 6.17 Å². The molecule has 13 heavy (non-hydrogen) atoms. The lowest BCUT2D eigenvalue weighted by Gasteiger charge is -2.23. The number of alkyl halides is 1. The number of halogens is 2. The summed E-state index contributed by atoms with van der Waals surface area (Å²) in [5.41, 5.74) is 0.405. The SMILES string of the molecule is CC(C)(C)C(F)c1cccc(Br)c1. The molecule has 0 nitrogen and oxygen atoms in total. The van der Waals surface area contributed by atoms with Gasteiger partial charge >= 0.3 is 0 Å². The summed E-state index contributed by atoms with van der Waals surface area (Å²) in [5.74, 6) is 0. The molecule has 1 unspecified atom stereocenters. The third-order valence-corrected chi connectivity index (χ3v) is 2.39. The number of benzene rings is 1. The van der Waals surface area contributed by atoms with E-state index in [-0.39, 0.29) is 5.41 Å². The molecule has 1 atom stereocenters. The fourth-order valence-electron chi connectivity index (χ4n) is 1.16. The van der Waals surface area contributed by atoms with Gasteiger partial charge in [0.2, 0.25) is 0 Å². The molecular formula is C11H14BrF. The fourth-order valence-corrected chi connectivity index (χ4v) is 1.58. The van der Waals surface area contributed by atoms with Crippen LogP contribution in [-0.2, 0) is 0 Å². The van der Waals surface area contributed by atoms with Crippen LogP contribution in [0.2, 0.25) is 0 Å². The van der Waals surface area contributed by atoms with Gasteiger partial charge in [-0.1, -0.05) is 48.8 Å². The summed E-state index contributed by atoms with van der Waals surface area (Å²) in [6, 6.07) is 7.41. The van der Waals surface area contributed by atoms with E-state index in [1.807, 2.05) is 45.0 Å². The predicted molar refractivity (Wildman–Crippen MR) is 57.4 cm³/mol. The average Bonchev–Trinajstić information content (AvgIpc) is 2.01. The first-order valence-corrected chi connectivity index (χ1v) is 5.10. The van der Waals surface area contributed by atoms with Gasteiger partial charge in [-0.2, -0.15) is 0 Å². The molecule has 0 amide bonds. The first-order chi connectivity index (χ1) is 5.91. The van der Waals surface area contributed by atoms with Gasteiger partial charge in [-0.05, 0) is 23.1 Å². The van der Waals surface area contributed by atoms with Crippen LogP contribution in [0.1, 0.15) is 32.5 Å². The van der Waals surface area contributed by atoms with Crippen molar-refractivity contribution in [2.75, 3.05) is 0 Å². The number of hydrogen-bond acceptors (Lipinski definition) is 0. The van der Waals surface area contributed by atoms with E-state index >= 15 is 0 Å². The summed E-state index contributed by atoms with van der Waals surface area (Å²) in [5, 5.41) is 0. The van der Waals surface area contributed by atoms with E-state index in [1.165, 1.54) is 0 Å². The van der Waals surface area contributed by atoms with Crippen molar-refractivity contribution in [2.24, 2.45) is 5.41 Å². The second kappa shape index (κ2) is 3.79. The minimum absolute atomic E-state index is 0.333. The molecule has 1 aromatic rings. The normalized spacial score (nSPS) is 14.2. The van der Waals surface area contributed by atoms with Crippen LogP contribution < -0.4 is 0 Å².